The largest absolute Gasteiger partial charge is 0.308 e. The summed E-state index contributed by atoms with van der Waals surface area (Å²) in [5, 5.41) is 7.04. The molecule has 1 aromatic carbocycles. The molecule has 2 aromatic rings. The van der Waals surface area contributed by atoms with Gasteiger partial charge in [0.05, 0.1) is 6.54 Å². The maximum absolute atomic E-state index is 12.2. The fourth-order valence-electron chi connectivity index (χ4n) is 3.85. The van der Waals surface area contributed by atoms with E-state index in [2.05, 4.69) is 51.7 Å². The third-order valence-electron chi connectivity index (χ3n) is 5.18. The molecule has 2 aliphatic rings. The number of benzene rings is 1. The van der Waals surface area contributed by atoms with E-state index in [1.807, 2.05) is 19.3 Å². The molecule has 24 heavy (non-hydrogen) atoms. The summed E-state index contributed by atoms with van der Waals surface area (Å²) in [7, 11) is 1.84. The Balaban J connectivity index is 1.35. The van der Waals surface area contributed by atoms with E-state index in [1.165, 1.54) is 11.1 Å². The molecule has 0 atom stereocenters. The number of carbonyl (C=O) groups is 1. The Hall–Kier alpha value is -2.40. The number of rotatable bonds is 3. The van der Waals surface area contributed by atoms with Gasteiger partial charge in [0.2, 0.25) is 5.91 Å². The van der Waals surface area contributed by atoms with E-state index in [9.17, 15) is 4.79 Å². The lowest BCUT2D eigenvalue weighted by Gasteiger charge is -2.39. The quantitative estimate of drug-likeness (QED) is 0.944. The molecule has 1 amide bonds. The Labute approximate surface area is 142 Å². The van der Waals surface area contributed by atoms with Crippen LogP contribution in [0.25, 0.3) is 6.08 Å². The summed E-state index contributed by atoms with van der Waals surface area (Å²) in [5.41, 5.74) is 2.96. The molecule has 1 fully saturated rings. The van der Waals surface area contributed by atoms with Gasteiger partial charge in [-0.25, -0.2) is 0 Å². The molecule has 1 saturated heterocycles. The molecule has 1 spiro atoms. The number of amides is 1. The van der Waals surface area contributed by atoms with Gasteiger partial charge in [0.25, 0.3) is 0 Å². The Morgan fingerprint density at radius 1 is 1.25 bits per heavy atom. The normalized spacial score (nSPS) is 18.7. The number of aromatic nitrogens is 2. The van der Waals surface area contributed by atoms with Crippen LogP contribution in [0.4, 0.5) is 5.82 Å². The molecule has 0 bridgehead atoms. The van der Waals surface area contributed by atoms with Crippen LogP contribution in [0.2, 0.25) is 0 Å². The molecule has 1 aliphatic heterocycles. The Kier molecular flexibility index (Phi) is 3.73. The summed E-state index contributed by atoms with van der Waals surface area (Å²) in [6.07, 6.45) is 8.57. The molecule has 0 radical (unpaired) electrons. The zero-order valence-corrected chi connectivity index (χ0v) is 13.9. The Morgan fingerprint density at radius 3 is 2.79 bits per heavy atom. The van der Waals surface area contributed by atoms with Gasteiger partial charge in [0.1, 0.15) is 0 Å². The molecule has 1 N–H and O–H groups in total. The highest BCUT2D eigenvalue weighted by molar-refractivity contribution is 5.91. The highest BCUT2D eigenvalue weighted by Gasteiger charge is 2.37. The average Bonchev–Trinajstić information content (AvgIpc) is 3.15. The number of likely N-dealkylation sites (tertiary alicyclic amines) is 1. The van der Waals surface area contributed by atoms with E-state index < -0.39 is 0 Å². The zero-order valence-electron chi connectivity index (χ0n) is 13.9. The molecule has 5 nitrogen and oxygen atoms in total. The van der Waals surface area contributed by atoms with Gasteiger partial charge in [-0.3, -0.25) is 14.4 Å². The lowest BCUT2D eigenvalue weighted by Crippen LogP contribution is -2.44. The van der Waals surface area contributed by atoms with Crippen LogP contribution in [-0.2, 0) is 17.3 Å². The topological polar surface area (TPSA) is 50.2 Å². The van der Waals surface area contributed by atoms with Crippen molar-refractivity contribution in [2.45, 2.75) is 18.3 Å². The fourth-order valence-corrected chi connectivity index (χ4v) is 3.85. The van der Waals surface area contributed by atoms with Gasteiger partial charge in [0.15, 0.2) is 5.82 Å². The Morgan fingerprint density at radius 2 is 2.04 bits per heavy atom. The van der Waals surface area contributed by atoms with Crippen LogP contribution in [0.15, 0.2) is 42.6 Å². The summed E-state index contributed by atoms with van der Waals surface area (Å²) in [4.78, 5) is 14.4. The first kappa shape index (κ1) is 15.1. The third kappa shape index (κ3) is 2.76. The number of carbonyl (C=O) groups excluding carboxylic acids is 1. The predicted octanol–water partition coefficient (Wildman–Crippen LogP) is 2.42. The van der Waals surface area contributed by atoms with Crippen molar-refractivity contribution in [1.82, 2.24) is 14.7 Å². The molecule has 0 unspecified atom stereocenters. The summed E-state index contributed by atoms with van der Waals surface area (Å²) in [6.45, 7) is 2.31. The number of fused-ring (bicyclic) bond motifs is 2. The first-order valence-electron chi connectivity index (χ1n) is 8.45. The van der Waals surface area contributed by atoms with Gasteiger partial charge in [-0.1, -0.05) is 36.4 Å². The fraction of sp³-hybridized carbons (Fsp3) is 0.368. The average molecular weight is 322 g/mol. The summed E-state index contributed by atoms with van der Waals surface area (Å²) in [5.74, 6) is 0.621. The summed E-state index contributed by atoms with van der Waals surface area (Å²) >= 11 is 0. The second-order valence-electron chi connectivity index (χ2n) is 6.78. The van der Waals surface area contributed by atoms with Crippen molar-refractivity contribution < 1.29 is 4.79 Å². The molecule has 1 aliphatic carbocycles. The molecular weight excluding hydrogens is 300 g/mol. The van der Waals surface area contributed by atoms with Gasteiger partial charge in [0, 0.05) is 24.7 Å². The van der Waals surface area contributed by atoms with Crippen LogP contribution >= 0.6 is 0 Å². The standard InChI is InChI=1S/C19H22N4O/c1-22-11-7-17(21-22)20-18(24)14-23-12-9-19(10-13-23)8-6-15-4-2-3-5-16(15)19/h2-8,11H,9-10,12-14H2,1H3,(H,20,21,24). The van der Waals surface area contributed by atoms with Crippen molar-refractivity contribution in [2.24, 2.45) is 7.05 Å². The summed E-state index contributed by atoms with van der Waals surface area (Å²) < 4.78 is 1.68. The minimum absolute atomic E-state index is 0.00649. The number of piperidine rings is 1. The highest BCUT2D eigenvalue weighted by Crippen LogP contribution is 2.43. The maximum atomic E-state index is 12.2. The lowest BCUT2D eigenvalue weighted by molar-refractivity contribution is -0.117. The van der Waals surface area contributed by atoms with Gasteiger partial charge in [-0.15, -0.1) is 0 Å². The smallest absolute Gasteiger partial charge is 0.239 e. The van der Waals surface area contributed by atoms with Crippen LogP contribution in [-0.4, -0.2) is 40.2 Å². The van der Waals surface area contributed by atoms with Crippen LogP contribution in [0.5, 0.6) is 0 Å². The van der Waals surface area contributed by atoms with Gasteiger partial charge >= 0.3 is 0 Å². The molecule has 4 rings (SSSR count). The molecular formula is C19H22N4O. The van der Waals surface area contributed by atoms with E-state index in [0.717, 1.165) is 25.9 Å². The number of nitrogens with one attached hydrogen (secondary N) is 1. The number of hydrogen-bond acceptors (Lipinski definition) is 3. The molecule has 0 saturated carbocycles. The highest BCUT2D eigenvalue weighted by atomic mass is 16.2. The van der Waals surface area contributed by atoms with Crippen LogP contribution in [0, 0.1) is 0 Å². The molecule has 5 heteroatoms. The molecule has 1 aromatic heterocycles. The van der Waals surface area contributed by atoms with Gasteiger partial charge in [-0.2, -0.15) is 5.10 Å². The van der Waals surface area contributed by atoms with Crippen molar-refractivity contribution in [3.8, 4) is 0 Å². The second kappa shape index (κ2) is 5.91. The first-order valence-corrected chi connectivity index (χ1v) is 8.45. The maximum Gasteiger partial charge on any atom is 0.239 e. The zero-order chi connectivity index (χ0) is 16.6. The van der Waals surface area contributed by atoms with Crippen molar-refractivity contribution in [2.75, 3.05) is 25.0 Å². The lowest BCUT2D eigenvalue weighted by atomic mass is 9.74. The number of hydrogen-bond donors (Lipinski definition) is 1. The Bertz CT molecular complexity index is 784. The van der Waals surface area contributed by atoms with Gasteiger partial charge in [-0.05, 0) is 37.1 Å². The van der Waals surface area contributed by atoms with Gasteiger partial charge < -0.3 is 5.32 Å². The minimum Gasteiger partial charge on any atom is -0.308 e. The van der Waals surface area contributed by atoms with E-state index in [4.69, 9.17) is 0 Å². The number of aryl methyl sites for hydroxylation is 1. The van der Waals surface area contributed by atoms with Crippen LogP contribution < -0.4 is 5.32 Å². The van der Waals surface area contributed by atoms with Crippen LogP contribution in [0.3, 0.4) is 0 Å². The van der Waals surface area contributed by atoms with Crippen molar-refractivity contribution >= 4 is 17.8 Å². The van der Waals surface area contributed by atoms with Crippen LogP contribution in [0.1, 0.15) is 24.0 Å². The monoisotopic (exact) mass is 322 g/mol. The van der Waals surface area contributed by atoms with E-state index in [1.54, 1.807) is 4.68 Å². The molecule has 2 heterocycles. The number of allylic oxidation sites excluding steroid dienone is 1. The van der Waals surface area contributed by atoms with E-state index in [0.29, 0.717) is 12.4 Å². The second-order valence-corrected chi connectivity index (χ2v) is 6.78. The molecule has 124 valence electrons. The first-order chi connectivity index (χ1) is 11.6. The van der Waals surface area contributed by atoms with Crippen molar-refractivity contribution in [1.29, 1.82) is 0 Å². The van der Waals surface area contributed by atoms with Crippen molar-refractivity contribution in [3.63, 3.8) is 0 Å². The summed E-state index contributed by atoms with van der Waals surface area (Å²) in [6, 6.07) is 10.5. The van der Waals surface area contributed by atoms with E-state index >= 15 is 0 Å². The SMILES string of the molecule is Cn1ccc(NC(=O)CN2CCC3(C=Cc4ccccc43)CC2)n1. The number of nitrogens with zero attached hydrogens (tertiary/aromatic N) is 3. The van der Waals surface area contributed by atoms with Crippen molar-refractivity contribution in [3.05, 3.63) is 53.7 Å². The third-order valence-corrected chi connectivity index (χ3v) is 5.18. The van der Waals surface area contributed by atoms with E-state index in [-0.39, 0.29) is 11.3 Å². The number of anilines is 1. The predicted molar refractivity (Wildman–Crippen MR) is 94.7 cm³/mol. The minimum atomic E-state index is 0.00649.